The number of rotatable bonds is 7. The lowest BCUT2D eigenvalue weighted by Gasteiger charge is -2.20. The van der Waals surface area contributed by atoms with Crippen molar-refractivity contribution in [3.63, 3.8) is 0 Å². The van der Waals surface area contributed by atoms with Crippen LogP contribution in [0, 0.1) is 0 Å². The molecule has 1 rings (SSSR count). The van der Waals surface area contributed by atoms with Gasteiger partial charge in [-0.2, -0.15) is 0 Å². The standard InChI is InChI=1S/C12H18ClNO3/c1-16-7-6-14-10(8-15)12-9(13)4-3-5-11(12)17-2/h3-5,10,14-15H,6-8H2,1-2H3. The van der Waals surface area contributed by atoms with E-state index in [0.29, 0.717) is 23.9 Å². The molecule has 0 heterocycles. The Kier molecular flexibility index (Phi) is 6.29. The van der Waals surface area contributed by atoms with Crippen molar-refractivity contribution < 1.29 is 14.6 Å². The fourth-order valence-corrected chi connectivity index (χ4v) is 1.92. The molecule has 0 aliphatic heterocycles. The van der Waals surface area contributed by atoms with Gasteiger partial charge in [-0.15, -0.1) is 0 Å². The first-order valence-electron chi connectivity index (χ1n) is 5.40. The number of aliphatic hydroxyl groups excluding tert-OH is 1. The van der Waals surface area contributed by atoms with Crippen LogP contribution in [0.2, 0.25) is 5.02 Å². The maximum atomic E-state index is 9.41. The molecule has 0 saturated carbocycles. The van der Waals surface area contributed by atoms with E-state index in [1.807, 2.05) is 12.1 Å². The van der Waals surface area contributed by atoms with E-state index in [1.165, 1.54) is 0 Å². The molecule has 0 spiro atoms. The average molecular weight is 260 g/mol. The number of hydrogen-bond donors (Lipinski definition) is 2. The number of halogens is 1. The Balaban J connectivity index is 2.86. The van der Waals surface area contributed by atoms with E-state index in [9.17, 15) is 5.11 Å². The van der Waals surface area contributed by atoms with Crippen LogP contribution in [0.5, 0.6) is 5.75 Å². The van der Waals surface area contributed by atoms with Crippen LogP contribution in [0.25, 0.3) is 0 Å². The van der Waals surface area contributed by atoms with Crippen LogP contribution in [0.1, 0.15) is 11.6 Å². The van der Waals surface area contributed by atoms with Crippen LogP contribution >= 0.6 is 11.6 Å². The van der Waals surface area contributed by atoms with E-state index >= 15 is 0 Å². The Bertz CT molecular complexity index is 347. The summed E-state index contributed by atoms with van der Waals surface area (Å²) in [4.78, 5) is 0. The molecule has 17 heavy (non-hydrogen) atoms. The third kappa shape index (κ3) is 3.85. The number of hydrogen-bond acceptors (Lipinski definition) is 4. The predicted octanol–water partition coefficient (Wildman–Crippen LogP) is 1.62. The molecule has 1 unspecified atom stereocenters. The Hall–Kier alpha value is -0.810. The fourth-order valence-electron chi connectivity index (χ4n) is 1.63. The van der Waals surface area contributed by atoms with E-state index in [-0.39, 0.29) is 12.6 Å². The SMILES string of the molecule is COCCNC(CO)c1c(Cl)cccc1OC. The van der Waals surface area contributed by atoms with Gasteiger partial charge in [0, 0.05) is 24.2 Å². The van der Waals surface area contributed by atoms with Crippen LogP contribution in [0.4, 0.5) is 0 Å². The molecule has 0 aliphatic carbocycles. The third-order valence-corrected chi connectivity index (χ3v) is 2.79. The number of methoxy groups -OCH3 is 2. The predicted molar refractivity (Wildman–Crippen MR) is 67.7 cm³/mol. The number of aliphatic hydroxyl groups is 1. The van der Waals surface area contributed by atoms with Gasteiger partial charge >= 0.3 is 0 Å². The summed E-state index contributed by atoms with van der Waals surface area (Å²) in [7, 11) is 3.21. The normalized spacial score (nSPS) is 12.5. The summed E-state index contributed by atoms with van der Waals surface area (Å²) >= 11 is 6.13. The highest BCUT2D eigenvalue weighted by molar-refractivity contribution is 6.31. The lowest BCUT2D eigenvalue weighted by molar-refractivity contribution is 0.183. The monoisotopic (exact) mass is 259 g/mol. The molecule has 4 nitrogen and oxygen atoms in total. The summed E-state index contributed by atoms with van der Waals surface area (Å²) < 4.78 is 10.2. The molecular formula is C12H18ClNO3. The van der Waals surface area contributed by atoms with Crippen molar-refractivity contribution in [1.29, 1.82) is 0 Å². The highest BCUT2D eigenvalue weighted by Crippen LogP contribution is 2.31. The Labute approximate surface area is 106 Å². The highest BCUT2D eigenvalue weighted by atomic mass is 35.5. The van der Waals surface area contributed by atoms with Crippen molar-refractivity contribution in [1.82, 2.24) is 5.32 Å². The van der Waals surface area contributed by atoms with Crippen molar-refractivity contribution in [2.24, 2.45) is 0 Å². The van der Waals surface area contributed by atoms with Crippen molar-refractivity contribution in [2.75, 3.05) is 34.0 Å². The van der Waals surface area contributed by atoms with Crippen LogP contribution in [-0.2, 0) is 4.74 Å². The zero-order chi connectivity index (χ0) is 12.7. The van der Waals surface area contributed by atoms with Gasteiger partial charge in [-0.3, -0.25) is 0 Å². The molecule has 1 atom stereocenters. The van der Waals surface area contributed by atoms with E-state index < -0.39 is 0 Å². The second-order valence-electron chi connectivity index (χ2n) is 3.54. The first-order valence-corrected chi connectivity index (χ1v) is 5.78. The van der Waals surface area contributed by atoms with Gasteiger partial charge in [-0.1, -0.05) is 17.7 Å². The van der Waals surface area contributed by atoms with E-state index in [4.69, 9.17) is 21.1 Å². The molecule has 0 aromatic heterocycles. The zero-order valence-electron chi connectivity index (χ0n) is 10.1. The van der Waals surface area contributed by atoms with Crippen LogP contribution in [0.15, 0.2) is 18.2 Å². The maximum Gasteiger partial charge on any atom is 0.125 e. The smallest absolute Gasteiger partial charge is 0.125 e. The Morgan fingerprint density at radius 2 is 2.18 bits per heavy atom. The summed E-state index contributed by atoms with van der Waals surface area (Å²) in [5, 5.41) is 13.1. The average Bonchev–Trinajstić information content (AvgIpc) is 2.35. The van der Waals surface area contributed by atoms with Gasteiger partial charge in [0.15, 0.2) is 0 Å². The van der Waals surface area contributed by atoms with E-state index in [2.05, 4.69) is 5.32 Å². The van der Waals surface area contributed by atoms with Crippen molar-refractivity contribution in [2.45, 2.75) is 6.04 Å². The number of benzene rings is 1. The minimum absolute atomic E-state index is 0.0518. The molecule has 5 heteroatoms. The van der Waals surface area contributed by atoms with Gasteiger partial charge < -0.3 is 19.9 Å². The van der Waals surface area contributed by atoms with Gasteiger partial charge in [0.05, 0.1) is 26.4 Å². The molecule has 1 aromatic carbocycles. The molecule has 0 amide bonds. The van der Waals surface area contributed by atoms with Crippen LogP contribution in [0.3, 0.4) is 0 Å². The van der Waals surface area contributed by atoms with Crippen LogP contribution in [-0.4, -0.2) is 39.1 Å². The molecule has 0 radical (unpaired) electrons. The largest absolute Gasteiger partial charge is 0.496 e. The topological polar surface area (TPSA) is 50.7 Å². The second-order valence-corrected chi connectivity index (χ2v) is 3.95. The van der Waals surface area contributed by atoms with E-state index in [0.717, 1.165) is 5.56 Å². The first-order chi connectivity index (χ1) is 8.24. The molecule has 0 aliphatic rings. The summed E-state index contributed by atoms with van der Waals surface area (Å²) in [6.07, 6.45) is 0. The molecular weight excluding hydrogens is 242 g/mol. The fraction of sp³-hybridized carbons (Fsp3) is 0.500. The van der Waals surface area contributed by atoms with Crippen molar-refractivity contribution in [3.05, 3.63) is 28.8 Å². The summed E-state index contributed by atoms with van der Waals surface area (Å²) in [6.45, 7) is 1.16. The first kappa shape index (κ1) is 14.3. The minimum Gasteiger partial charge on any atom is -0.496 e. The second kappa shape index (κ2) is 7.50. The lowest BCUT2D eigenvalue weighted by Crippen LogP contribution is -2.28. The zero-order valence-corrected chi connectivity index (χ0v) is 10.8. The molecule has 0 fully saturated rings. The molecule has 0 bridgehead atoms. The number of nitrogens with one attached hydrogen (secondary N) is 1. The molecule has 96 valence electrons. The minimum atomic E-state index is -0.256. The van der Waals surface area contributed by atoms with Gasteiger partial charge in [0.2, 0.25) is 0 Å². The third-order valence-electron chi connectivity index (χ3n) is 2.46. The molecule has 2 N–H and O–H groups in total. The van der Waals surface area contributed by atoms with Gasteiger partial charge in [0.25, 0.3) is 0 Å². The summed E-state index contributed by atoms with van der Waals surface area (Å²) in [5.41, 5.74) is 0.773. The lowest BCUT2D eigenvalue weighted by atomic mass is 10.1. The van der Waals surface area contributed by atoms with Crippen LogP contribution < -0.4 is 10.1 Å². The highest BCUT2D eigenvalue weighted by Gasteiger charge is 2.17. The maximum absolute atomic E-state index is 9.41. The van der Waals surface area contributed by atoms with Gasteiger partial charge in [-0.25, -0.2) is 0 Å². The summed E-state index contributed by atoms with van der Waals surface area (Å²) in [6, 6.07) is 5.16. The quantitative estimate of drug-likeness (QED) is 0.731. The van der Waals surface area contributed by atoms with Crippen molar-refractivity contribution >= 4 is 11.6 Å². The van der Waals surface area contributed by atoms with E-state index in [1.54, 1.807) is 20.3 Å². The van der Waals surface area contributed by atoms with Crippen molar-refractivity contribution in [3.8, 4) is 5.75 Å². The van der Waals surface area contributed by atoms with Gasteiger partial charge in [-0.05, 0) is 12.1 Å². The molecule has 0 saturated heterocycles. The molecule has 1 aromatic rings. The Morgan fingerprint density at radius 1 is 1.41 bits per heavy atom. The Morgan fingerprint density at radius 3 is 2.76 bits per heavy atom. The summed E-state index contributed by atoms with van der Waals surface area (Å²) in [5.74, 6) is 0.668. The number of ether oxygens (including phenoxy) is 2. The van der Waals surface area contributed by atoms with Gasteiger partial charge in [0.1, 0.15) is 5.75 Å².